The van der Waals surface area contributed by atoms with Crippen molar-refractivity contribution in [3.05, 3.63) is 29.6 Å². The third-order valence-corrected chi connectivity index (χ3v) is 4.05. The second-order valence-corrected chi connectivity index (χ2v) is 5.21. The molecule has 1 aromatic carbocycles. The van der Waals surface area contributed by atoms with E-state index >= 15 is 0 Å². The van der Waals surface area contributed by atoms with Crippen LogP contribution in [0, 0.1) is 5.82 Å². The van der Waals surface area contributed by atoms with Crippen LogP contribution in [0.15, 0.2) is 18.2 Å². The third kappa shape index (κ3) is 2.92. The molecule has 0 spiro atoms. The van der Waals surface area contributed by atoms with Crippen molar-refractivity contribution in [2.45, 2.75) is 43.4 Å². The second kappa shape index (κ2) is 5.72. The first-order valence-corrected chi connectivity index (χ1v) is 6.63. The lowest BCUT2D eigenvalue weighted by Crippen LogP contribution is -2.12. The lowest BCUT2D eigenvalue weighted by Gasteiger charge is -2.22. The number of methoxy groups -OCH3 is 1. The number of hydrogen-bond acceptors (Lipinski definition) is 1. The Labute approximate surface area is 107 Å². The summed E-state index contributed by atoms with van der Waals surface area (Å²) in [6.07, 6.45) is 5.58. The first kappa shape index (κ1) is 12.7. The molecule has 2 atom stereocenters. The van der Waals surface area contributed by atoms with Crippen molar-refractivity contribution in [1.29, 1.82) is 0 Å². The van der Waals surface area contributed by atoms with E-state index in [2.05, 4.69) is 0 Å². The first-order valence-electron chi connectivity index (χ1n) is 6.20. The molecular weight excluding hydrogens is 239 g/mol. The summed E-state index contributed by atoms with van der Waals surface area (Å²) in [6, 6.07) is 4.70. The molecule has 2 unspecified atom stereocenters. The molecule has 3 heteroatoms. The van der Waals surface area contributed by atoms with E-state index in [0.29, 0.717) is 0 Å². The number of benzene rings is 1. The molecule has 1 aliphatic rings. The summed E-state index contributed by atoms with van der Waals surface area (Å²) in [6.45, 7) is 0. The lowest BCUT2D eigenvalue weighted by molar-refractivity contribution is 0.401. The number of ether oxygens (including phenoxy) is 1. The van der Waals surface area contributed by atoms with Crippen LogP contribution in [0.25, 0.3) is 0 Å². The van der Waals surface area contributed by atoms with Crippen LogP contribution in [0.3, 0.4) is 0 Å². The van der Waals surface area contributed by atoms with Gasteiger partial charge in [-0.2, -0.15) is 0 Å². The van der Waals surface area contributed by atoms with Crippen LogP contribution in [-0.2, 0) is 0 Å². The Bertz CT molecular complexity index is 380. The van der Waals surface area contributed by atoms with Gasteiger partial charge >= 0.3 is 0 Å². The van der Waals surface area contributed by atoms with Gasteiger partial charge in [-0.25, -0.2) is 4.39 Å². The summed E-state index contributed by atoms with van der Waals surface area (Å²) in [4.78, 5) is 0. The third-order valence-electron chi connectivity index (χ3n) is 3.52. The maximum atomic E-state index is 13.4. The minimum absolute atomic E-state index is 0.0909. The minimum atomic E-state index is -0.214. The first-order chi connectivity index (χ1) is 8.22. The molecule has 0 radical (unpaired) electrons. The molecule has 1 fully saturated rings. The molecule has 0 amide bonds. The number of hydrogen-bond donors (Lipinski definition) is 0. The molecule has 17 heavy (non-hydrogen) atoms. The average molecular weight is 257 g/mol. The zero-order chi connectivity index (χ0) is 12.3. The van der Waals surface area contributed by atoms with Gasteiger partial charge in [-0.1, -0.05) is 19.3 Å². The van der Waals surface area contributed by atoms with Gasteiger partial charge in [-0.3, -0.25) is 0 Å². The molecule has 1 nitrogen and oxygen atoms in total. The molecule has 0 aromatic heterocycles. The maximum absolute atomic E-state index is 13.4. The Morgan fingerprint density at radius 1 is 1.24 bits per heavy atom. The van der Waals surface area contributed by atoms with Gasteiger partial charge in [-0.05, 0) is 31.0 Å². The Hall–Kier alpha value is -0.760. The zero-order valence-corrected chi connectivity index (χ0v) is 10.8. The van der Waals surface area contributed by atoms with Gasteiger partial charge in [0.1, 0.15) is 11.6 Å². The Kier molecular flexibility index (Phi) is 4.27. The fourth-order valence-corrected chi connectivity index (χ4v) is 3.02. The molecule has 0 N–H and O–H groups in total. The van der Waals surface area contributed by atoms with Crippen molar-refractivity contribution in [3.63, 3.8) is 0 Å². The lowest BCUT2D eigenvalue weighted by atomic mass is 9.90. The van der Waals surface area contributed by atoms with Crippen molar-refractivity contribution in [2.24, 2.45) is 0 Å². The molecule has 1 aromatic rings. The van der Waals surface area contributed by atoms with Gasteiger partial charge < -0.3 is 4.74 Å². The van der Waals surface area contributed by atoms with E-state index in [1.807, 2.05) is 0 Å². The van der Waals surface area contributed by atoms with Crippen molar-refractivity contribution >= 4 is 11.6 Å². The highest BCUT2D eigenvalue weighted by Gasteiger charge is 2.26. The van der Waals surface area contributed by atoms with Gasteiger partial charge in [0.05, 0.1) is 7.11 Å². The van der Waals surface area contributed by atoms with Crippen LogP contribution in [0.5, 0.6) is 5.75 Å². The molecule has 1 aliphatic carbocycles. The Morgan fingerprint density at radius 2 is 2.00 bits per heavy atom. The molecule has 2 rings (SSSR count). The summed E-state index contributed by atoms with van der Waals surface area (Å²) in [5.41, 5.74) is 0.925. The minimum Gasteiger partial charge on any atom is -0.496 e. The van der Waals surface area contributed by atoms with Gasteiger partial charge in [0.25, 0.3) is 0 Å². The van der Waals surface area contributed by atoms with Crippen molar-refractivity contribution in [3.8, 4) is 5.75 Å². The topological polar surface area (TPSA) is 9.23 Å². The van der Waals surface area contributed by atoms with Gasteiger partial charge in [0.2, 0.25) is 0 Å². The van der Waals surface area contributed by atoms with Crippen molar-refractivity contribution in [1.82, 2.24) is 0 Å². The van der Waals surface area contributed by atoms with Crippen LogP contribution in [-0.4, -0.2) is 12.5 Å². The highest BCUT2D eigenvalue weighted by atomic mass is 35.5. The van der Waals surface area contributed by atoms with E-state index in [-0.39, 0.29) is 17.1 Å². The standard InChI is InChI=1S/C14H18ClFO/c1-17-14-8-7-10(16)9-12(14)11-5-3-2-4-6-13(11)15/h7-9,11,13H,2-6H2,1H3. The summed E-state index contributed by atoms with van der Waals surface area (Å²) in [5, 5.41) is 0.0909. The summed E-state index contributed by atoms with van der Waals surface area (Å²) < 4.78 is 18.7. The van der Waals surface area contributed by atoms with Gasteiger partial charge in [0.15, 0.2) is 0 Å². The predicted octanol–water partition coefficient (Wildman–Crippen LogP) is 4.49. The van der Waals surface area contributed by atoms with Crippen molar-refractivity contribution in [2.75, 3.05) is 7.11 Å². The fraction of sp³-hybridized carbons (Fsp3) is 0.571. The molecule has 0 aliphatic heterocycles. The molecule has 94 valence electrons. The van der Waals surface area contributed by atoms with Crippen molar-refractivity contribution < 1.29 is 9.13 Å². The molecular formula is C14H18ClFO. The highest BCUT2D eigenvalue weighted by Crippen LogP contribution is 2.39. The molecule has 0 heterocycles. The number of halogens is 2. The van der Waals surface area contributed by atoms with Crippen LogP contribution in [0.4, 0.5) is 4.39 Å². The summed E-state index contributed by atoms with van der Waals surface area (Å²) in [7, 11) is 1.62. The summed E-state index contributed by atoms with van der Waals surface area (Å²) >= 11 is 6.42. The van der Waals surface area contributed by atoms with E-state index in [0.717, 1.165) is 30.6 Å². The van der Waals surface area contributed by atoms with Crippen LogP contribution < -0.4 is 4.74 Å². The van der Waals surface area contributed by atoms with Gasteiger partial charge in [-0.15, -0.1) is 11.6 Å². The van der Waals surface area contributed by atoms with Crippen LogP contribution in [0.1, 0.15) is 43.6 Å². The Morgan fingerprint density at radius 3 is 2.76 bits per heavy atom. The monoisotopic (exact) mass is 256 g/mol. The van der Waals surface area contributed by atoms with E-state index in [1.165, 1.54) is 18.9 Å². The largest absolute Gasteiger partial charge is 0.496 e. The Balaban J connectivity index is 2.32. The van der Waals surface area contributed by atoms with Crippen LogP contribution >= 0.6 is 11.6 Å². The average Bonchev–Trinajstić information content (AvgIpc) is 2.54. The second-order valence-electron chi connectivity index (χ2n) is 4.65. The molecule has 1 saturated carbocycles. The SMILES string of the molecule is COc1ccc(F)cc1C1CCCCCC1Cl. The highest BCUT2D eigenvalue weighted by molar-refractivity contribution is 6.21. The van der Waals surface area contributed by atoms with E-state index in [9.17, 15) is 4.39 Å². The quantitative estimate of drug-likeness (QED) is 0.560. The smallest absolute Gasteiger partial charge is 0.123 e. The fourth-order valence-electron chi connectivity index (χ4n) is 2.61. The van der Waals surface area contributed by atoms with Gasteiger partial charge in [0, 0.05) is 16.9 Å². The number of alkyl halides is 1. The van der Waals surface area contributed by atoms with E-state index in [4.69, 9.17) is 16.3 Å². The van der Waals surface area contributed by atoms with E-state index in [1.54, 1.807) is 19.2 Å². The normalized spacial score (nSPS) is 25.4. The molecule has 0 bridgehead atoms. The zero-order valence-electron chi connectivity index (χ0n) is 10.1. The molecule has 0 saturated heterocycles. The predicted molar refractivity (Wildman–Crippen MR) is 68.4 cm³/mol. The maximum Gasteiger partial charge on any atom is 0.123 e. The van der Waals surface area contributed by atoms with E-state index < -0.39 is 0 Å². The van der Waals surface area contributed by atoms with Crippen LogP contribution in [0.2, 0.25) is 0 Å². The summed E-state index contributed by atoms with van der Waals surface area (Å²) in [5.74, 6) is 0.752. The number of rotatable bonds is 2.